The van der Waals surface area contributed by atoms with E-state index >= 15 is 0 Å². The molecule has 204 valence electrons. The lowest BCUT2D eigenvalue weighted by Crippen LogP contribution is -2.43. The summed E-state index contributed by atoms with van der Waals surface area (Å²) in [5, 5.41) is 20.2. The van der Waals surface area contributed by atoms with Gasteiger partial charge in [0.15, 0.2) is 6.23 Å². The molecule has 0 saturated carbocycles. The van der Waals surface area contributed by atoms with E-state index in [1.165, 1.54) is 0 Å². The molecule has 1 N–H and O–H groups in total. The molecule has 3 heterocycles. The van der Waals surface area contributed by atoms with Crippen LogP contribution >= 0.6 is 0 Å². The van der Waals surface area contributed by atoms with Crippen LogP contribution < -0.4 is 4.43 Å². The Kier molecular flexibility index (Phi) is 8.78. The lowest BCUT2D eigenvalue weighted by atomic mass is 10.1. The molecular weight excluding hydrogens is 484 g/mol. The Balaban J connectivity index is 1.58. The third-order valence-electron chi connectivity index (χ3n) is 7.55. The molecule has 1 aromatic carbocycles. The van der Waals surface area contributed by atoms with Crippen molar-refractivity contribution in [3.05, 3.63) is 30.6 Å². The van der Waals surface area contributed by atoms with Crippen molar-refractivity contribution in [2.24, 2.45) is 0 Å². The summed E-state index contributed by atoms with van der Waals surface area (Å²) in [6.07, 6.45) is 8.31. The maximum absolute atomic E-state index is 9.35. The van der Waals surface area contributed by atoms with E-state index in [9.17, 15) is 5.11 Å². The van der Waals surface area contributed by atoms with Gasteiger partial charge in [0.05, 0.1) is 17.8 Å². The molecule has 1 aliphatic rings. The quantitative estimate of drug-likeness (QED) is 0.237. The molecule has 0 spiro atoms. The van der Waals surface area contributed by atoms with Crippen LogP contribution in [0.3, 0.4) is 0 Å². The first kappa shape index (κ1) is 27.8. The second kappa shape index (κ2) is 11.7. The number of aliphatic hydroxyl groups is 1. The van der Waals surface area contributed by atoms with Gasteiger partial charge in [0.1, 0.15) is 11.4 Å². The number of hydrogen-bond donors (Lipinski definition) is 1. The predicted octanol–water partition coefficient (Wildman–Crippen LogP) is 6.16. The molecule has 0 radical (unpaired) electrons. The summed E-state index contributed by atoms with van der Waals surface area (Å²) in [7, 11) is -1.98. The van der Waals surface area contributed by atoms with Gasteiger partial charge in [-0.2, -0.15) is 10.2 Å². The fraction of sp³-hybridized carbons (Fsp3) is 0.643. The zero-order valence-electron chi connectivity index (χ0n) is 23.4. The van der Waals surface area contributed by atoms with E-state index in [1.54, 1.807) is 6.92 Å². The lowest BCUT2D eigenvalue weighted by molar-refractivity contribution is -0.0365. The van der Waals surface area contributed by atoms with Gasteiger partial charge in [-0.3, -0.25) is 4.68 Å². The monoisotopic (exact) mass is 528 g/mol. The minimum atomic E-state index is -1.98. The molecular formula is C28H44N4O4Si. The number of rotatable bonds is 11. The van der Waals surface area contributed by atoms with Crippen LogP contribution in [0.5, 0.6) is 5.75 Å². The lowest BCUT2D eigenvalue weighted by Gasteiger charge is -2.36. The van der Waals surface area contributed by atoms with Gasteiger partial charge in [-0.05, 0) is 75.4 Å². The molecule has 0 aliphatic carbocycles. The van der Waals surface area contributed by atoms with Crippen molar-refractivity contribution in [2.75, 3.05) is 19.8 Å². The molecule has 0 amide bonds. The second-order valence-electron chi connectivity index (χ2n) is 11.8. The molecule has 3 aromatic rings. The molecule has 1 fully saturated rings. The Bertz CT molecular complexity index is 1160. The van der Waals surface area contributed by atoms with Crippen molar-refractivity contribution in [2.45, 2.75) is 96.8 Å². The molecule has 9 heteroatoms. The van der Waals surface area contributed by atoms with Crippen molar-refractivity contribution in [1.82, 2.24) is 19.6 Å². The van der Waals surface area contributed by atoms with Crippen LogP contribution in [0.2, 0.25) is 18.1 Å². The average molecular weight is 529 g/mol. The Labute approximate surface area is 222 Å². The second-order valence-corrected chi connectivity index (χ2v) is 16.5. The largest absolute Gasteiger partial charge is 0.543 e. The average Bonchev–Trinajstić information content (AvgIpc) is 3.45. The number of benzene rings is 1. The molecule has 37 heavy (non-hydrogen) atoms. The van der Waals surface area contributed by atoms with Crippen LogP contribution in [0.1, 0.15) is 66.0 Å². The van der Waals surface area contributed by atoms with Crippen molar-refractivity contribution in [1.29, 1.82) is 0 Å². The van der Waals surface area contributed by atoms with Crippen molar-refractivity contribution in [3.63, 3.8) is 0 Å². The van der Waals surface area contributed by atoms with Crippen LogP contribution in [0, 0.1) is 0 Å². The van der Waals surface area contributed by atoms with E-state index in [0.29, 0.717) is 19.6 Å². The molecule has 2 aromatic heterocycles. The minimum absolute atomic E-state index is 0.0500. The van der Waals surface area contributed by atoms with E-state index in [-0.39, 0.29) is 17.4 Å². The summed E-state index contributed by atoms with van der Waals surface area (Å²) in [6, 6.07) is 6.35. The number of aryl methyl sites for hydroxylation is 1. The van der Waals surface area contributed by atoms with Gasteiger partial charge in [0, 0.05) is 43.5 Å². The summed E-state index contributed by atoms with van der Waals surface area (Å²) >= 11 is 0. The van der Waals surface area contributed by atoms with E-state index in [2.05, 4.69) is 63.4 Å². The van der Waals surface area contributed by atoms with Crippen LogP contribution in [0.4, 0.5) is 0 Å². The zero-order chi connectivity index (χ0) is 26.6. The van der Waals surface area contributed by atoms with Gasteiger partial charge in [-0.1, -0.05) is 20.8 Å². The Morgan fingerprint density at radius 1 is 1.22 bits per heavy atom. The normalized spacial score (nSPS) is 17.9. The van der Waals surface area contributed by atoms with E-state index in [4.69, 9.17) is 19.0 Å². The van der Waals surface area contributed by atoms with Crippen LogP contribution in [0.25, 0.3) is 22.2 Å². The van der Waals surface area contributed by atoms with Crippen molar-refractivity contribution in [3.8, 4) is 17.0 Å². The number of aromatic nitrogens is 4. The topological polar surface area (TPSA) is 83.6 Å². The van der Waals surface area contributed by atoms with Crippen molar-refractivity contribution >= 4 is 19.2 Å². The maximum atomic E-state index is 9.35. The Morgan fingerprint density at radius 2 is 2.03 bits per heavy atom. The molecule has 1 unspecified atom stereocenters. The highest BCUT2D eigenvalue weighted by Crippen LogP contribution is 2.39. The number of nitrogens with zero attached hydrogens (tertiary/aromatic N) is 4. The number of ether oxygens (including phenoxy) is 2. The molecule has 2 atom stereocenters. The molecule has 0 bridgehead atoms. The third kappa shape index (κ3) is 6.82. The highest BCUT2D eigenvalue weighted by molar-refractivity contribution is 6.74. The molecule has 1 saturated heterocycles. The first-order chi connectivity index (χ1) is 17.5. The van der Waals surface area contributed by atoms with Crippen LogP contribution in [0.15, 0.2) is 30.6 Å². The standard InChI is InChI=1S/C28H44N4O4Si/c1-21(33)13-17-34-15-9-14-31-20-22(19-29-31)27-24-18-23(36-37(5,6)28(2,3)4)11-12-25(24)32(30-27)26-10-7-8-16-35-26/h11-12,18-21,26,33H,7-10,13-17H2,1-6H3/t21-,26?/m1/s1. The summed E-state index contributed by atoms with van der Waals surface area (Å²) in [5.41, 5.74) is 2.95. The maximum Gasteiger partial charge on any atom is 0.250 e. The minimum Gasteiger partial charge on any atom is -0.543 e. The molecule has 8 nitrogen and oxygen atoms in total. The first-order valence-electron chi connectivity index (χ1n) is 13.7. The van der Waals surface area contributed by atoms with E-state index in [1.807, 2.05) is 15.6 Å². The van der Waals surface area contributed by atoms with Crippen LogP contribution in [-0.2, 0) is 16.0 Å². The fourth-order valence-corrected chi connectivity index (χ4v) is 5.30. The molecule has 4 rings (SSSR count). The Hall–Kier alpha value is -2.20. The van der Waals surface area contributed by atoms with Gasteiger partial charge >= 0.3 is 0 Å². The zero-order valence-corrected chi connectivity index (χ0v) is 24.4. The predicted molar refractivity (Wildman–Crippen MR) is 149 cm³/mol. The summed E-state index contributed by atoms with van der Waals surface area (Å²) in [4.78, 5) is 0. The van der Waals surface area contributed by atoms with E-state index < -0.39 is 8.32 Å². The third-order valence-corrected chi connectivity index (χ3v) is 11.9. The van der Waals surface area contributed by atoms with Gasteiger partial charge < -0.3 is 19.0 Å². The molecule has 1 aliphatic heterocycles. The van der Waals surface area contributed by atoms with Gasteiger partial charge in [-0.15, -0.1) is 0 Å². The summed E-state index contributed by atoms with van der Waals surface area (Å²) < 4.78 is 22.4. The van der Waals surface area contributed by atoms with Gasteiger partial charge in [0.25, 0.3) is 0 Å². The van der Waals surface area contributed by atoms with Gasteiger partial charge in [0.2, 0.25) is 8.32 Å². The Morgan fingerprint density at radius 3 is 2.73 bits per heavy atom. The highest BCUT2D eigenvalue weighted by atomic mass is 28.4. The van der Waals surface area contributed by atoms with Gasteiger partial charge in [-0.25, -0.2) is 4.68 Å². The van der Waals surface area contributed by atoms with Crippen LogP contribution in [-0.4, -0.2) is 58.9 Å². The smallest absolute Gasteiger partial charge is 0.250 e. The summed E-state index contributed by atoms with van der Waals surface area (Å²) in [5.74, 6) is 0.895. The number of aliphatic hydroxyl groups excluding tert-OH is 1. The highest BCUT2D eigenvalue weighted by Gasteiger charge is 2.39. The fourth-order valence-electron chi connectivity index (χ4n) is 4.27. The van der Waals surface area contributed by atoms with E-state index in [0.717, 1.165) is 66.7 Å². The van der Waals surface area contributed by atoms with Crippen molar-refractivity contribution < 1.29 is 19.0 Å². The summed E-state index contributed by atoms with van der Waals surface area (Å²) in [6.45, 7) is 15.9. The number of fused-ring (bicyclic) bond motifs is 1. The SMILES string of the molecule is C[C@@H](O)CCOCCCn1cc(-c2nn(C3CCCCO3)c3ccc(O[Si](C)(C)C(C)(C)C)cc23)cn1. The first-order valence-corrected chi connectivity index (χ1v) is 16.6. The number of hydrogen-bond acceptors (Lipinski definition) is 6.